The molecule has 1 aliphatic carbocycles. The van der Waals surface area contributed by atoms with Crippen LogP contribution in [0.2, 0.25) is 0 Å². The van der Waals surface area contributed by atoms with Crippen molar-refractivity contribution in [1.29, 1.82) is 5.26 Å². The summed E-state index contributed by atoms with van der Waals surface area (Å²) >= 11 is 0. The third-order valence-electron chi connectivity index (χ3n) is 4.07. The van der Waals surface area contributed by atoms with Crippen molar-refractivity contribution in [3.05, 3.63) is 29.8 Å². The molecular weight excluding hydrogens is 264 g/mol. The summed E-state index contributed by atoms with van der Waals surface area (Å²) < 4.78 is 5.70. The van der Waals surface area contributed by atoms with Crippen LogP contribution in [0.1, 0.15) is 37.7 Å². The summed E-state index contributed by atoms with van der Waals surface area (Å²) in [7, 11) is 0. The summed E-state index contributed by atoms with van der Waals surface area (Å²) in [5, 5.41) is 17.9. The summed E-state index contributed by atoms with van der Waals surface area (Å²) in [6, 6.07) is 9.95. The summed E-state index contributed by atoms with van der Waals surface area (Å²) in [4.78, 5) is 2.40. The SMILES string of the molecule is N#Cc1ccc(OCCCN(CCO)C2CCCC2)cc1. The first-order valence-corrected chi connectivity index (χ1v) is 7.81. The third kappa shape index (κ3) is 5.04. The Bertz CT molecular complexity index is 447. The van der Waals surface area contributed by atoms with E-state index in [0.29, 0.717) is 18.2 Å². The van der Waals surface area contributed by atoms with E-state index in [4.69, 9.17) is 10.00 Å². The zero-order valence-electron chi connectivity index (χ0n) is 12.5. The average molecular weight is 288 g/mol. The standard InChI is InChI=1S/C17H24N2O2/c18-14-15-6-8-17(9-7-15)21-13-3-10-19(11-12-20)16-4-1-2-5-16/h6-9,16,20H,1-5,10-13H2. The van der Waals surface area contributed by atoms with Gasteiger partial charge in [-0.3, -0.25) is 4.90 Å². The molecule has 4 nitrogen and oxygen atoms in total. The van der Waals surface area contributed by atoms with Gasteiger partial charge in [-0.05, 0) is 43.5 Å². The summed E-state index contributed by atoms with van der Waals surface area (Å²) in [5.74, 6) is 0.809. The first-order valence-electron chi connectivity index (χ1n) is 7.81. The van der Waals surface area contributed by atoms with E-state index in [9.17, 15) is 5.11 Å². The predicted molar refractivity (Wildman–Crippen MR) is 82.2 cm³/mol. The first-order chi connectivity index (χ1) is 10.3. The van der Waals surface area contributed by atoms with Crippen molar-refractivity contribution in [3.8, 4) is 11.8 Å². The molecule has 0 heterocycles. The maximum atomic E-state index is 9.18. The van der Waals surface area contributed by atoms with Crippen LogP contribution in [0.15, 0.2) is 24.3 Å². The van der Waals surface area contributed by atoms with Crippen molar-refractivity contribution >= 4 is 0 Å². The fraction of sp³-hybridized carbons (Fsp3) is 0.588. The van der Waals surface area contributed by atoms with Crippen LogP contribution >= 0.6 is 0 Å². The number of hydrogen-bond donors (Lipinski definition) is 1. The molecule has 2 rings (SSSR count). The maximum Gasteiger partial charge on any atom is 0.119 e. The Balaban J connectivity index is 1.70. The van der Waals surface area contributed by atoms with Crippen LogP contribution in [-0.4, -0.2) is 42.4 Å². The normalized spacial score (nSPS) is 15.3. The van der Waals surface area contributed by atoms with Crippen molar-refractivity contribution < 1.29 is 9.84 Å². The van der Waals surface area contributed by atoms with Crippen molar-refractivity contribution in [1.82, 2.24) is 4.90 Å². The van der Waals surface area contributed by atoms with E-state index in [0.717, 1.165) is 25.3 Å². The van der Waals surface area contributed by atoms with E-state index in [1.54, 1.807) is 12.1 Å². The molecule has 21 heavy (non-hydrogen) atoms. The molecule has 0 aliphatic heterocycles. The Morgan fingerprint density at radius 2 is 1.90 bits per heavy atom. The molecule has 0 amide bonds. The fourth-order valence-corrected chi connectivity index (χ4v) is 2.96. The van der Waals surface area contributed by atoms with Gasteiger partial charge in [0.25, 0.3) is 0 Å². The molecule has 0 atom stereocenters. The Morgan fingerprint density at radius 3 is 2.52 bits per heavy atom. The van der Waals surface area contributed by atoms with Crippen LogP contribution in [0.25, 0.3) is 0 Å². The lowest BCUT2D eigenvalue weighted by Gasteiger charge is -2.27. The third-order valence-corrected chi connectivity index (χ3v) is 4.07. The number of aliphatic hydroxyl groups is 1. The summed E-state index contributed by atoms with van der Waals surface area (Å²) in [6.07, 6.45) is 6.10. The number of ether oxygens (including phenoxy) is 1. The molecule has 0 spiro atoms. The van der Waals surface area contributed by atoms with Crippen molar-refractivity contribution in [3.63, 3.8) is 0 Å². The average Bonchev–Trinajstić information content (AvgIpc) is 3.05. The molecule has 1 aliphatic rings. The Hall–Kier alpha value is -1.57. The minimum absolute atomic E-state index is 0.229. The van der Waals surface area contributed by atoms with Gasteiger partial charge in [0.15, 0.2) is 0 Å². The smallest absolute Gasteiger partial charge is 0.119 e. The first kappa shape index (κ1) is 15.8. The van der Waals surface area contributed by atoms with Gasteiger partial charge in [-0.1, -0.05) is 12.8 Å². The molecule has 1 fully saturated rings. The van der Waals surface area contributed by atoms with Crippen LogP contribution in [0.5, 0.6) is 5.75 Å². The molecule has 1 aromatic rings. The number of rotatable bonds is 8. The van der Waals surface area contributed by atoms with Gasteiger partial charge in [0.1, 0.15) is 5.75 Å². The molecule has 1 aromatic carbocycles. The topological polar surface area (TPSA) is 56.5 Å². The second-order valence-corrected chi connectivity index (χ2v) is 5.54. The van der Waals surface area contributed by atoms with Gasteiger partial charge >= 0.3 is 0 Å². The van der Waals surface area contributed by atoms with Crippen LogP contribution in [-0.2, 0) is 0 Å². The number of nitrogens with zero attached hydrogens (tertiary/aromatic N) is 2. The Kier molecular flexibility index (Phi) is 6.52. The lowest BCUT2D eigenvalue weighted by Crippen LogP contribution is -2.36. The van der Waals surface area contributed by atoms with Crippen molar-refractivity contribution in [2.45, 2.75) is 38.1 Å². The number of aliphatic hydroxyl groups excluding tert-OH is 1. The molecule has 0 saturated heterocycles. The highest BCUT2D eigenvalue weighted by molar-refractivity contribution is 5.34. The molecule has 0 bridgehead atoms. The second-order valence-electron chi connectivity index (χ2n) is 5.54. The Labute approximate surface area is 127 Å². The minimum Gasteiger partial charge on any atom is -0.494 e. The van der Waals surface area contributed by atoms with Gasteiger partial charge in [-0.25, -0.2) is 0 Å². The van der Waals surface area contributed by atoms with Gasteiger partial charge in [0.05, 0.1) is 24.8 Å². The molecule has 1 saturated carbocycles. The van der Waals surface area contributed by atoms with Crippen LogP contribution in [0, 0.1) is 11.3 Å². The monoisotopic (exact) mass is 288 g/mol. The molecular formula is C17H24N2O2. The quantitative estimate of drug-likeness (QED) is 0.747. The molecule has 0 radical (unpaired) electrons. The van der Waals surface area contributed by atoms with Gasteiger partial charge in [0.2, 0.25) is 0 Å². The summed E-state index contributed by atoms with van der Waals surface area (Å²) in [5.41, 5.74) is 0.651. The molecule has 0 aromatic heterocycles. The van der Waals surface area contributed by atoms with E-state index in [-0.39, 0.29) is 6.61 Å². The molecule has 0 unspecified atom stereocenters. The number of hydrogen-bond acceptors (Lipinski definition) is 4. The second kappa shape index (κ2) is 8.66. The fourth-order valence-electron chi connectivity index (χ4n) is 2.96. The van der Waals surface area contributed by atoms with Gasteiger partial charge in [-0.2, -0.15) is 5.26 Å². The largest absolute Gasteiger partial charge is 0.494 e. The zero-order valence-corrected chi connectivity index (χ0v) is 12.5. The van der Waals surface area contributed by atoms with Crippen LogP contribution in [0.4, 0.5) is 0 Å². The van der Waals surface area contributed by atoms with Crippen LogP contribution in [0.3, 0.4) is 0 Å². The molecule has 1 N–H and O–H groups in total. The van der Waals surface area contributed by atoms with Crippen LogP contribution < -0.4 is 4.74 Å². The van der Waals surface area contributed by atoms with E-state index >= 15 is 0 Å². The van der Waals surface area contributed by atoms with Gasteiger partial charge < -0.3 is 9.84 Å². The van der Waals surface area contributed by atoms with Crippen molar-refractivity contribution in [2.24, 2.45) is 0 Å². The highest BCUT2D eigenvalue weighted by Crippen LogP contribution is 2.23. The lowest BCUT2D eigenvalue weighted by atomic mass is 10.2. The van der Waals surface area contributed by atoms with Gasteiger partial charge in [0, 0.05) is 19.1 Å². The van der Waals surface area contributed by atoms with Gasteiger partial charge in [-0.15, -0.1) is 0 Å². The van der Waals surface area contributed by atoms with E-state index in [2.05, 4.69) is 11.0 Å². The maximum absolute atomic E-state index is 9.18. The highest BCUT2D eigenvalue weighted by atomic mass is 16.5. The minimum atomic E-state index is 0.229. The molecule has 4 heteroatoms. The number of benzene rings is 1. The van der Waals surface area contributed by atoms with E-state index < -0.39 is 0 Å². The zero-order chi connectivity index (χ0) is 14.9. The highest BCUT2D eigenvalue weighted by Gasteiger charge is 2.21. The summed E-state index contributed by atoms with van der Waals surface area (Å²) in [6.45, 7) is 2.64. The predicted octanol–water partition coefficient (Wildman–Crippen LogP) is 2.56. The van der Waals surface area contributed by atoms with E-state index in [1.165, 1.54) is 25.7 Å². The Morgan fingerprint density at radius 1 is 1.19 bits per heavy atom. The lowest BCUT2D eigenvalue weighted by molar-refractivity contribution is 0.142. The number of nitriles is 1. The van der Waals surface area contributed by atoms with Crippen molar-refractivity contribution in [2.75, 3.05) is 26.3 Å². The molecule has 114 valence electrons. The van der Waals surface area contributed by atoms with E-state index in [1.807, 2.05) is 12.1 Å².